The fourth-order valence-electron chi connectivity index (χ4n) is 2.72. The van der Waals surface area contributed by atoms with Crippen LogP contribution in [-0.4, -0.2) is 61.3 Å². The van der Waals surface area contributed by atoms with Gasteiger partial charge in [0.25, 0.3) is 5.91 Å². The number of hydrogen-bond donors (Lipinski definition) is 1. The van der Waals surface area contributed by atoms with Gasteiger partial charge in [0.05, 0.1) is 5.75 Å². The van der Waals surface area contributed by atoms with E-state index in [1.54, 1.807) is 23.0 Å². The molecule has 1 aliphatic carbocycles. The van der Waals surface area contributed by atoms with E-state index in [-0.39, 0.29) is 17.9 Å². The Hall–Kier alpha value is -2.42. The van der Waals surface area contributed by atoms with Crippen molar-refractivity contribution in [3.8, 4) is 5.82 Å². The van der Waals surface area contributed by atoms with Crippen LogP contribution in [0.2, 0.25) is 0 Å². The summed E-state index contributed by atoms with van der Waals surface area (Å²) in [6, 6.07) is 3.73. The second-order valence-electron chi connectivity index (χ2n) is 6.78. The number of rotatable bonds is 10. The van der Waals surface area contributed by atoms with E-state index in [0.29, 0.717) is 22.3 Å². The molecule has 0 unspecified atom stereocenters. The maximum Gasteiger partial charge on any atom is 0.272 e. The van der Waals surface area contributed by atoms with Gasteiger partial charge in [0, 0.05) is 31.4 Å². The van der Waals surface area contributed by atoms with Crippen molar-refractivity contribution in [1.82, 2.24) is 30.0 Å². The van der Waals surface area contributed by atoms with Gasteiger partial charge in [0.2, 0.25) is 5.91 Å². The van der Waals surface area contributed by atoms with Crippen molar-refractivity contribution in [1.29, 1.82) is 0 Å². The number of nitrogens with one attached hydrogen (secondary N) is 1. The van der Waals surface area contributed by atoms with Crippen LogP contribution in [0, 0.1) is 0 Å². The van der Waals surface area contributed by atoms with Crippen molar-refractivity contribution in [2.75, 3.05) is 18.8 Å². The standard InChI is InChI=1S/C19H26N6O2S/c1-3-8-24(9-4-2)18(26)12-28-17-11-16(20-13-21-17)25-10-7-15(23-25)19(27)22-14-5-6-14/h7,10-11,13-14H,3-6,8-9,12H2,1-2H3,(H,22,27). The minimum absolute atomic E-state index is 0.118. The Morgan fingerprint density at radius 1 is 1.25 bits per heavy atom. The van der Waals surface area contributed by atoms with E-state index in [1.807, 2.05) is 4.90 Å². The molecule has 0 saturated heterocycles. The first kappa shape index (κ1) is 20.3. The Labute approximate surface area is 169 Å². The summed E-state index contributed by atoms with van der Waals surface area (Å²) < 4.78 is 1.55. The Balaban J connectivity index is 1.61. The summed E-state index contributed by atoms with van der Waals surface area (Å²) in [6.45, 7) is 5.70. The molecular weight excluding hydrogens is 376 g/mol. The van der Waals surface area contributed by atoms with Gasteiger partial charge >= 0.3 is 0 Å². The fraction of sp³-hybridized carbons (Fsp3) is 0.526. The molecule has 0 spiro atoms. The van der Waals surface area contributed by atoms with Gasteiger partial charge in [-0.05, 0) is 31.7 Å². The van der Waals surface area contributed by atoms with Gasteiger partial charge in [-0.25, -0.2) is 14.6 Å². The van der Waals surface area contributed by atoms with Gasteiger partial charge < -0.3 is 10.2 Å². The van der Waals surface area contributed by atoms with Crippen LogP contribution in [0.25, 0.3) is 5.82 Å². The Bertz CT molecular complexity index is 814. The summed E-state index contributed by atoms with van der Waals surface area (Å²) in [5.41, 5.74) is 0.365. The molecule has 8 nitrogen and oxygen atoms in total. The minimum Gasteiger partial charge on any atom is -0.348 e. The molecule has 150 valence electrons. The van der Waals surface area contributed by atoms with Crippen LogP contribution < -0.4 is 5.32 Å². The number of carbonyl (C=O) groups is 2. The molecule has 3 rings (SSSR count). The zero-order valence-electron chi connectivity index (χ0n) is 16.3. The van der Waals surface area contributed by atoms with E-state index in [2.05, 4.69) is 34.2 Å². The molecule has 2 aromatic rings. The summed E-state index contributed by atoms with van der Waals surface area (Å²) in [7, 11) is 0. The molecule has 2 amide bonds. The van der Waals surface area contributed by atoms with Crippen molar-refractivity contribution in [3.63, 3.8) is 0 Å². The van der Waals surface area contributed by atoms with Gasteiger partial charge in [-0.3, -0.25) is 9.59 Å². The lowest BCUT2D eigenvalue weighted by Crippen LogP contribution is -2.33. The molecule has 1 fully saturated rings. The van der Waals surface area contributed by atoms with Gasteiger partial charge in [-0.2, -0.15) is 5.10 Å². The number of aromatic nitrogens is 4. The van der Waals surface area contributed by atoms with Crippen LogP contribution >= 0.6 is 11.8 Å². The predicted molar refractivity (Wildman–Crippen MR) is 108 cm³/mol. The molecule has 2 aromatic heterocycles. The molecule has 0 aliphatic heterocycles. The highest BCUT2D eigenvalue weighted by Gasteiger charge is 2.24. The average molecular weight is 403 g/mol. The largest absolute Gasteiger partial charge is 0.348 e. The van der Waals surface area contributed by atoms with Crippen LogP contribution in [0.1, 0.15) is 50.0 Å². The number of amides is 2. The van der Waals surface area contributed by atoms with Crippen LogP contribution in [0.5, 0.6) is 0 Å². The SMILES string of the molecule is CCCN(CCC)C(=O)CSc1cc(-n2ccc(C(=O)NC3CC3)n2)ncn1. The summed E-state index contributed by atoms with van der Waals surface area (Å²) in [5, 5.41) is 7.92. The highest BCUT2D eigenvalue weighted by molar-refractivity contribution is 7.99. The van der Waals surface area contributed by atoms with Gasteiger partial charge in [-0.1, -0.05) is 25.6 Å². The Morgan fingerprint density at radius 3 is 2.68 bits per heavy atom. The van der Waals surface area contributed by atoms with E-state index in [9.17, 15) is 9.59 Å². The van der Waals surface area contributed by atoms with E-state index in [0.717, 1.165) is 38.8 Å². The first-order chi connectivity index (χ1) is 13.6. The van der Waals surface area contributed by atoms with Crippen LogP contribution in [0.4, 0.5) is 0 Å². The van der Waals surface area contributed by atoms with Crippen molar-refractivity contribution < 1.29 is 9.59 Å². The molecule has 2 heterocycles. The molecule has 1 aliphatic rings. The minimum atomic E-state index is -0.164. The fourth-order valence-corrected chi connectivity index (χ4v) is 3.49. The van der Waals surface area contributed by atoms with E-state index in [1.165, 1.54) is 18.1 Å². The lowest BCUT2D eigenvalue weighted by atomic mass is 10.3. The zero-order chi connectivity index (χ0) is 19.9. The Kier molecular flexibility index (Phi) is 7.02. The smallest absolute Gasteiger partial charge is 0.272 e. The molecule has 0 bridgehead atoms. The lowest BCUT2D eigenvalue weighted by molar-refractivity contribution is -0.128. The monoisotopic (exact) mass is 402 g/mol. The molecule has 1 N–H and O–H groups in total. The maximum atomic E-state index is 12.4. The van der Waals surface area contributed by atoms with Crippen molar-refractivity contribution in [3.05, 3.63) is 30.4 Å². The van der Waals surface area contributed by atoms with E-state index >= 15 is 0 Å². The summed E-state index contributed by atoms with van der Waals surface area (Å²) in [5.74, 6) is 0.855. The summed E-state index contributed by atoms with van der Waals surface area (Å²) in [6.07, 6.45) is 7.11. The number of carbonyl (C=O) groups excluding carboxylic acids is 2. The molecule has 1 saturated carbocycles. The topological polar surface area (TPSA) is 93.0 Å². The molecule has 0 radical (unpaired) electrons. The molecule has 0 aromatic carbocycles. The zero-order valence-corrected chi connectivity index (χ0v) is 17.1. The highest BCUT2D eigenvalue weighted by Crippen LogP contribution is 2.20. The molecule has 28 heavy (non-hydrogen) atoms. The van der Waals surface area contributed by atoms with E-state index in [4.69, 9.17) is 0 Å². The number of nitrogens with zero attached hydrogens (tertiary/aromatic N) is 5. The van der Waals surface area contributed by atoms with Crippen LogP contribution in [-0.2, 0) is 4.79 Å². The summed E-state index contributed by atoms with van der Waals surface area (Å²) >= 11 is 1.38. The van der Waals surface area contributed by atoms with Crippen molar-refractivity contribution in [2.45, 2.75) is 50.6 Å². The normalized spacial score (nSPS) is 13.4. The third-order valence-electron chi connectivity index (χ3n) is 4.28. The van der Waals surface area contributed by atoms with Crippen molar-refractivity contribution >= 4 is 23.6 Å². The third kappa shape index (κ3) is 5.54. The Morgan fingerprint density at radius 2 is 2.00 bits per heavy atom. The molecule has 0 atom stereocenters. The van der Waals surface area contributed by atoms with Gasteiger partial charge in [0.1, 0.15) is 11.4 Å². The lowest BCUT2D eigenvalue weighted by Gasteiger charge is -2.21. The van der Waals surface area contributed by atoms with Crippen molar-refractivity contribution in [2.24, 2.45) is 0 Å². The van der Waals surface area contributed by atoms with Crippen LogP contribution in [0.15, 0.2) is 29.7 Å². The van der Waals surface area contributed by atoms with Gasteiger partial charge in [0.15, 0.2) is 11.5 Å². The van der Waals surface area contributed by atoms with E-state index < -0.39 is 0 Å². The second-order valence-corrected chi connectivity index (χ2v) is 7.77. The first-order valence-electron chi connectivity index (χ1n) is 9.70. The first-order valence-corrected chi connectivity index (χ1v) is 10.7. The van der Waals surface area contributed by atoms with Crippen LogP contribution in [0.3, 0.4) is 0 Å². The third-order valence-corrected chi connectivity index (χ3v) is 5.19. The molecular formula is C19H26N6O2S. The average Bonchev–Trinajstić information content (AvgIpc) is 3.37. The number of thioether (sulfide) groups is 1. The quantitative estimate of drug-likeness (QED) is 0.484. The number of hydrogen-bond acceptors (Lipinski definition) is 6. The summed E-state index contributed by atoms with van der Waals surface area (Å²) in [4.78, 5) is 34.9. The highest BCUT2D eigenvalue weighted by atomic mass is 32.2. The maximum absolute atomic E-state index is 12.4. The molecule has 9 heteroatoms. The predicted octanol–water partition coefficient (Wildman–Crippen LogP) is 2.30. The second kappa shape index (κ2) is 9.68. The van der Waals surface area contributed by atoms with Gasteiger partial charge in [-0.15, -0.1) is 0 Å².